The Hall–Kier alpha value is 0.660. The summed E-state index contributed by atoms with van der Waals surface area (Å²) in [5.74, 6) is 2.20. The smallest absolute Gasteiger partial charge is 0.0557 e. The predicted molar refractivity (Wildman–Crippen MR) is 75.2 cm³/mol. The van der Waals surface area contributed by atoms with E-state index < -0.39 is 0 Å². The minimum atomic E-state index is 0.365. The maximum Gasteiger partial charge on any atom is 0.0557 e. The number of thioether (sulfide) groups is 2. The minimum Gasteiger partial charge on any atom is -0.380 e. The van der Waals surface area contributed by atoms with Crippen LogP contribution in [0.5, 0.6) is 0 Å². The third-order valence-electron chi connectivity index (χ3n) is 1.53. The van der Waals surface area contributed by atoms with Crippen LogP contribution in [0.4, 0.5) is 0 Å². The van der Waals surface area contributed by atoms with E-state index in [0.29, 0.717) is 9.49 Å². The van der Waals surface area contributed by atoms with E-state index in [4.69, 9.17) is 4.74 Å². The zero-order valence-corrected chi connectivity index (χ0v) is 12.7. The number of hydrogen-bond acceptors (Lipinski definition) is 3. The van der Waals surface area contributed by atoms with Gasteiger partial charge >= 0.3 is 0 Å². The molecule has 0 aromatic heterocycles. The SMILES string of the molecule is CC(C)(C)SCCOCCSC(C)(C)C. The summed E-state index contributed by atoms with van der Waals surface area (Å²) in [4.78, 5) is 0. The van der Waals surface area contributed by atoms with E-state index in [9.17, 15) is 0 Å². The van der Waals surface area contributed by atoms with Crippen LogP contribution in [0.15, 0.2) is 0 Å². The Morgan fingerprint density at radius 2 is 1.07 bits per heavy atom. The van der Waals surface area contributed by atoms with Gasteiger partial charge in [-0.2, -0.15) is 23.5 Å². The fourth-order valence-electron chi connectivity index (χ4n) is 0.916. The maximum atomic E-state index is 5.58. The molecule has 0 aliphatic rings. The zero-order chi connectivity index (χ0) is 11.9. The second-order valence-corrected chi connectivity index (χ2v) is 9.38. The highest BCUT2D eigenvalue weighted by Crippen LogP contribution is 2.23. The van der Waals surface area contributed by atoms with E-state index in [1.54, 1.807) is 0 Å². The monoisotopic (exact) mass is 250 g/mol. The highest BCUT2D eigenvalue weighted by Gasteiger charge is 2.10. The second kappa shape index (κ2) is 7.08. The maximum absolute atomic E-state index is 5.58. The Balaban J connectivity index is 3.20. The van der Waals surface area contributed by atoms with Crippen molar-refractivity contribution in [3.8, 4) is 0 Å². The van der Waals surface area contributed by atoms with Gasteiger partial charge in [-0.1, -0.05) is 41.5 Å². The lowest BCUT2D eigenvalue weighted by Crippen LogP contribution is -2.13. The summed E-state index contributed by atoms with van der Waals surface area (Å²) in [7, 11) is 0. The predicted octanol–water partition coefficient (Wildman–Crippen LogP) is 4.07. The van der Waals surface area contributed by atoms with E-state index >= 15 is 0 Å². The molecule has 0 radical (unpaired) electrons. The van der Waals surface area contributed by atoms with Crippen molar-refractivity contribution in [1.82, 2.24) is 0 Å². The number of ether oxygens (including phenoxy) is 1. The molecule has 0 rings (SSSR count). The number of rotatable bonds is 6. The van der Waals surface area contributed by atoms with Gasteiger partial charge in [0.15, 0.2) is 0 Å². The molecule has 0 spiro atoms. The molecule has 15 heavy (non-hydrogen) atoms. The fourth-order valence-corrected chi connectivity index (χ4v) is 2.54. The van der Waals surface area contributed by atoms with E-state index in [-0.39, 0.29) is 0 Å². The Morgan fingerprint density at radius 3 is 1.33 bits per heavy atom. The number of hydrogen-bond donors (Lipinski definition) is 0. The van der Waals surface area contributed by atoms with Crippen molar-refractivity contribution in [2.24, 2.45) is 0 Å². The van der Waals surface area contributed by atoms with Crippen molar-refractivity contribution in [3.63, 3.8) is 0 Å². The van der Waals surface area contributed by atoms with Gasteiger partial charge in [-0.15, -0.1) is 0 Å². The molecule has 0 saturated heterocycles. The lowest BCUT2D eigenvalue weighted by Gasteiger charge is -2.18. The van der Waals surface area contributed by atoms with Crippen LogP contribution in [0.2, 0.25) is 0 Å². The molecular weight excluding hydrogens is 224 g/mol. The summed E-state index contributed by atoms with van der Waals surface area (Å²) in [5, 5.41) is 0. The molecule has 0 aromatic rings. The van der Waals surface area contributed by atoms with Crippen LogP contribution in [0.1, 0.15) is 41.5 Å². The lowest BCUT2D eigenvalue weighted by molar-refractivity contribution is 0.167. The van der Waals surface area contributed by atoms with Crippen LogP contribution >= 0.6 is 23.5 Å². The summed E-state index contributed by atoms with van der Waals surface area (Å²) >= 11 is 3.93. The van der Waals surface area contributed by atoms with Crippen LogP contribution in [-0.4, -0.2) is 34.2 Å². The van der Waals surface area contributed by atoms with Gasteiger partial charge in [0.1, 0.15) is 0 Å². The Kier molecular flexibility index (Phi) is 7.39. The third-order valence-corrected chi connectivity index (χ3v) is 4.00. The van der Waals surface area contributed by atoms with Gasteiger partial charge in [-0.25, -0.2) is 0 Å². The third kappa shape index (κ3) is 14.7. The molecule has 0 N–H and O–H groups in total. The standard InChI is InChI=1S/C12H26OS2/c1-11(2,3)14-9-7-13-8-10-15-12(4,5)6/h7-10H2,1-6H3. The summed E-state index contributed by atoms with van der Waals surface area (Å²) in [6, 6.07) is 0. The van der Waals surface area contributed by atoms with E-state index in [1.165, 1.54) is 0 Å². The van der Waals surface area contributed by atoms with Crippen molar-refractivity contribution in [1.29, 1.82) is 0 Å². The van der Waals surface area contributed by atoms with E-state index in [2.05, 4.69) is 41.5 Å². The molecule has 0 amide bonds. The lowest BCUT2D eigenvalue weighted by atomic mass is 10.3. The summed E-state index contributed by atoms with van der Waals surface area (Å²) in [6.07, 6.45) is 0. The molecule has 92 valence electrons. The Bertz CT molecular complexity index is 138. The van der Waals surface area contributed by atoms with Gasteiger partial charge in [-0.05, 0) is 0 Å². The van der Waals surface area contributed by atoms with Crippen LogP contribution in [-0.2, 0) is 4.74 Å². The van der Waals surface area contributed by atoms with Gasteiger partial charge in [0.2, 0.25) is 0 Å². The highest BCUT2D eigenvalue weighted by atomic mass is 32.2. The van der Waals surface area contributed by atoms with Crippen molar-refractivity contribution in [3.05, 3.63) is 0 Å². The summed E-state index contributed by atoms with van der Waals surface area (Å²) in [6.45, 7) is 15.2. The normalized spacial score (nSPS) is 13.2. The first-order chi connectivity index (χ1) is 6.71. The minimum absolute atomic E-state index is 0.365. The average Bonchev–Trinajstić information content (AvgIpc) is 1.98. The molecule has 0 bridgehead atoms. The molecule has 0 aliphatic heterocycles. The van der Waals surface area contributed by atoms with Crippen LogP contribution < -0.4 is 0 Å². The van der Waals surface area contributed by atoms with E-state index in [1.807, 2.05) is 23.5 Å². The molecular formula is C12H26OS2. The first-order valence-electron chi connectivity index (χ1n) is 5.56. The van der Waals surface area contributed by atoms with Gasteiger partial charge in [0.25, 0.3) is 0 Å². The molecule has 0 atom stereocenters. The molecule has 0 unspecified atom stereocenters. The van der Waals surface area contributed by atoms with Crippen molar-refractivity contribution >= 4 is 23.5 Å². The van der Waals surface area contributed by atoms with Gasteiger partial charge in [0.05, 0.1) is 13.2 Å². The van der Waals surface area contributed by atoms with E-state index in [0.717, 1.165) is 24.7 Å². The highest BCUT2D eigenvalue weighted by molar-refractivity contribution is 8.00. The van der Waals surface area contributed by atoms with Crippen LogP contribution in [0.3, 0.4) is 0 Å². The van der Waals surface area contributed by atoms with Crippen molar-refractivity contribution in [2.75, 3.05) is 24.7 Å². The molecule has 3 heteroatoms. The second-order valence-electron chi connectivity index (χ2n) is 5.53. The van der Waals surface area contributed by atoms with Crippen molar-refractivity contribution in [2.45, 2.75) is 51.0 Å². The van der Waals surface area contributed by atoms with Gasteiger partial charge in [-0.3, -0.25) is 0 Å². The van der Waals surface area contributed by atoms with Gasteiger partial charge < -0.3 is 4.74 Å². The quantitative estimate of drug-likeness (QED) is 0.658. The Morgan fingerprint density at radius 1 is 0.733 bits per heavy atom. The van der Waals surface area contributed by atoms with Crippen molar-refractivity contribution < 1.29 is 4.74 Å². The van der Waals surface area contributed by atoms with Crippen LogP contribution in [0.25, 0.3) is 0 Å². The molecule has 0 saturated carbocycles. The fraction of sp³-hybridized carbons (Fsp3) is 1.00. The largest absolute Gasteiger partial charge is 0.380 e. The first-order valence-corrected chi connectivity index (χ1v) is 7.53. The molecule has 0 heterocycles. The van der Waals surface area contributed by atoms with Crippen LogP contribution in [0, 0.1) is 0 Å². The Labute approximate surface area is 104 Å². The summed E-state index contributed by atoms with van der Waals surface area (Å²) < 4.78 is 6.31. The average molecular weight is 250 g/mol. The molecule has 0 aliphatic carbocycles. The molecule has 0 aromatic carbocycles. The topological polar surface area (TPSA) is 9.23 Å². The molecule has 0 fully saturated rings. The van der Waals surface area contributed by atoms with Gasteiger partial charge in [0, 0.05) is 21.0 Å². The summed E-state index contributed by atoms with van der Waals surface area (Å²) in [5.41, 5.74) is 0. The first kappa shape index (κ1) is 15.7. The zero-order valence-electron chi connectivity index (χ0n) is 11.1. The molecule has 1 nitrogen and oxygen atoms in total.